The summed E-state index contributed by atoms with van der Waals surface area (Å²) in [4.78, 5) is 4.36. The van der Waals surface area contributed by atoms with Crippen molar-refractivity contribution in [3.63, 3.8) is 0 Å². The summed E-state index contributed by atoms with van der Waals surface area (Å²) in [5.41, 5.74) is 2.22. The zero-order valence-corrected chi connectivity index (χ0v) is 12.2. The number of ether oxygens (including phenoxy) is 2. The molecule has 0 spiro atoms. The second kappa shape index (κ2) is 7.27. The summed E-state index contributed by atoms with van der Waals surface area (Å²) in [6.45, 7) is 0.992. The van der Waals surface area contributed by atoms with E-state index in [9.17, 15) is 0 Å². The Balaban J connectivity index is 1.58. The van der Waals surface area contributed by atoms with Crippen LogP contribution in [0.3, 0.4) is 0 Å². The van der Waals surface area contributed by atoms with Crippen molar-refractivity contribution in [2.24, 2.45) is 0 Å². The smallest absolute Gasteiger partial charge is 0.216 e. The van der Waals surface area contributed by atoms with Gasteiger partial charge >= 0.3 is 0 Å². The maximum absolute atomic E-state index is 5.69. The molecule has 0 aliphatic rings. The van der Waals surface area contributed by atoms with Crippen LogP contribution in [0.1, 0.15) is 11.1 Å². The predicted octanol–water partition coefficient (Wildman–Crippen LogP) is 4.24. The summed E-state index contributed by atoms with van der Waals surface area (Å²) in [7, 11) is 0. The third kappa shape index (κ3) is 4.09. The Hall–Kier alpha value is -2.81. The first-order chi connectivity index (χ1) is 10.9. The Kier molecular flexibility index (Phi) is 4.67. The first-order valence-electron chi connectivity index (χ1n) is 7.21. The van der Waals surface area contributed by atoms with E-state index >= 15 is 0 Å². The number of hydrogen-bond donors (Lipinski definition) is 0. The summed E-state index contributed by atoms with van der Waals surface area (Å²) in [5, 5.41) is 0. The SMILES string of the molecule is c1ccc(COc2cccc(OCc3ccccc3)n2)cc1. The van der Waals surface area contributed by atoms with Gasteiger partial charge in [0.05, 0.1) is 0 Å². The average Bonchev–Trinajstić information content (AvgIpc) is 2.60. The molecular weight excluding hydrogens is 274 g/mol. The Bertz CT molecular complexity index is 640. The van der Waals surface area contributed by atoms with E-state index in [0.29, 0.717) is 25.0 Å². The highest BCUT2D eigenvalue weighted by Crippen LogP contribution is 2.16. The molecule has 0 bridgehead atoms. The molecule has 3 nitrogen and oxygen atoms in total. The van der Waals surface area contributed by atoms with Crippen LogP contribution in [0.25, 0.3) is 0 Å². The van der Waals surface area contributed by atoms with Crippen molar-refractivity contribution in [3.8, 4) is 11.8 Å². The summed E-state index contributed by atoms with van der Waals surface area (Å²) in [6.07, 6.45) is 0. The first kappa shape index (κ1) is 14.1. The van der Waals surface area contributed by atoms with Crippen molar-refractivity contribution in [2.45, 2.75) is 13.2 Å². The van der Waals surface area contributed by atoms with Crippen LogP contribution in [0.15, 0.2) is 78.9 Å². The van der Waals surface area contributed by atoms with Crippen molar-refractivity contribution in [1.82, 2.24) is 4.98 Å². The quantitative estimate of drug-likeness (QED) is 0.680. The highest BCUT2D eigenvalue weighted by atomic mass is 16.5. The molecule has 22 heavy (non-hydrogen) atoms. The number of rotatable bonds is 6. The fourth-order valence-corrected chi connectivity index (χ4v) is 2.02. The maximum Gasteiger partial charge on any atom is 0.216 e. The monoisotopic (exact) mass is 291 g/mol. The van der Waals surface area contributed by atoms with E-state index in [-0.39, 0.29) is 0 Å². The van der Waals surface area contributed by atoms with E-state index < -0.39 is 0 Å². The minimum atomic E-state index is 0.496. The van der Waals surface area contributed by atoms with E-state index in [1.165, 1.54) is 0 Å². The van der Waals surface area contributed by atoms with Gasteiger partial charge in [0, 0.05) is 12.1 Å². The van der Waals surface area contributed by atoms with Crippen molar-refractivity contribution in [1.29, 1.82) is 0 Å². The molecule has 3 heteroatoms. The zero-order chi connectivity index (χ0) is 15.0. The molecule has 0 N–H and O–H groups in total. The minimum absolute atomic E-state index is 0.496. The molecule has 3 rings (SSSR count). The van der Waals surface area contributed by atoms with Gasteiger partial charge in [0.25, 0.3) is 0 Å². The zero-order valence-electron chi connectivity index (χ0n) is 12.2. The van der Waals surface area contributed by atoms with Crippen LogP contribution in [-0.2, 0) is 13.2 Å². The van der Waals surface area contributed by atoms with Gasteiger partial charge in [0.15, 0.2) is 0 Å². The Labute approximate surface area is 130 Å². The maximum atomic E-state index is 5.69. The van der Waals surface area contributed by atoms with Gasteiger partial charge in [-0.25, -0.2) is 0 Å². The van der Waals surface area contributed by atoms with Gasteiger partial charge in [-0.15, -0.1) is 0 Å². The fraction of sp³-hybridized carbons (Fsp3) is 0.105. The molecule has 2 aromatic carbocycles. The van der Waals surface area contributed by atoms with Crippen LogP contribution in [0, 0.1) is 0 Å². The molecule has 0 fully saturated rings. The lowest BCUT2D eigenvalue weighted by Crippen LogP contribution is -2.00. The molecule has 0 unspecified atom stereocenters. The largest absolute Gasteiger partial charge is 0.473 e. The first-order valence-corrected chi connectivity index (χ1v) is 7.21. The highest BCUT2D eigenvalue weighted by Gasteiger charge is 2.01. The van der Waals surface area contributed by atoms with E-state index in [1.807, 2.05) is 78.9 Å². The molecule has 1 aromatic heterocycles. The minimum Gasteiger partial charge on any atom is -0.473 e. The molecule has 110 valence electrons. The van der Waals surface area contributed by atoms with Crippen molar-refractivity contribution in [2.75, 3.05) is 0 Å². The molecule has 0 amide bonds. The Morgan fingerprint density at radius 1 is 0.545 bits per heavy atom. The lowest BCUT2D eigenvalue weighted by molar-refractivity contribution is 0.267. The number of nitrogens with zero attached hydrogens (tertiary/aromatic N) is 1. The Morgan fingerprint density at radius 2 is 1.00 bits per heavy atom. The molecule has 0 aliphatic carbocycles. The van der Waals surface area contributed by atoms with Gasteiger partial charge in [0.1, 0.15) is 13.2 Å². The van der Waals surface area contributed by atoms with Crippen LogP contribution in [-0.4, -0.2) is 4.98 Å². The summed E-state index contributed by atoms with van der Waals surface area (Å²) in [6, 6.07) is 25.6. The summed E-state index contributed by atoms with van der Waals surface area (Å²) < 4.78 is 11.4. The molecule has 1 heterocycles. The number of benzene rings is 2. The second-order valence-corrected chi connectivity index (χ2v) is 4.86. The third-order valence-electron chi connectivity index (χ3n) is 3.16. The van der Waals surface area contributed by atoms with Gasteiger partial charge < -0.3 is 9.47 Å². The van der Waals surface area contributed by atoms with Crippen LogP contribution in [0.2, 0.25) is 0 Å². The topological polar surface area (TPSA) is 31.4 Å². The predicted molar refractivity (Wildman–Crippen MR) is 85.8 cm³/mol. The van der Waals surface area contributed by atoms with Gasteiger partial charge in [-0.2, -0.15) is 4.98 Å². The normalized spacial score (nSPS) is 10.2. The molecule has 0 atom stereocenters. The molecular formula is C19H17NO2. The van der Waals surface area contributed by atoms with Crippen LogP contribution in [0.4, 0.5) is 0 Å². The van der Waals surface area contributed by atoms with Crippen LogP contribution < -0.4 is 9.47 Å². The van der Waals surface area contributed by atoms with Gasteiger partial charge in [-0.3, -0.25) is 0 Å². The average molecular weight is 291 g/mol. The van der Waals surface area contributed by atoms with Gasteiger partial charge in [0.2, 0.25) is 11.8 Å². The Morgan fingerprint density at radius 3 is 1.45 bits per heavy atom. The van der Waals surface area contributed by atoms with Crippen LogP contribution in [0.5, 0.6) is 11.8 Å². The molecule has 3 aromatic rings. The van der Waals surface area contributed by atoms with Crippen molar-refractivity contribution >= 4 is 0 Å². The van der Waals surface area contributed by atoms with E-state index in [0.717, 1.165) is 11.1 Å². The van der Waals surface area contributed by atoms with Crippen molar-refractivity contribution < 1.29 is 9.47 Å². The lowest BCUT2D eigenvalue weighted by Gasteiger charge is -2.08. The molecule has 0 saturated heterocycles. The number of pyridine rings is 1. The molecule has 0 radical (unpaired) electrons. The second-order valence-electron chi connectivity index (χ2n) is 4.86. The van der Waals surface area contributed by atoms with Gasteiger partial charge in [-0.1, -0.05) is 66.7 Å². The third-order valence-corrected chi connectivity index (χ3v) is 3.16. The molecule has 0 aliphatic heterocycles. The van der Waals surface area contributed by atoms with Crippen molar-refractivity contribution in [3.05, 3.63) is 90.0 Å². The summed E-state index contributed by atoms with van der Waals surface area (Å²) in [5.74, 6) is 1.13. The van der Waals surface area contributed by atoms with E-state index in [1.54, 1.807) is 0 Å². The standard InChI is InChI=1S/C19H17NO2/c1-3-8-16(9-4-1)14-21-18-12-7-13-19(20-18)22-15-17-10-5-2-6-11-17/h1-13H,14-15H2. The number of hydrogen-bond acceptors (Lipinski definition) is 3. The van der Waals surface area contributed by atoms with E-state index in [4.69, 9.17) is 9.47 Å². The van der Waals surface area contributed by atoms with Gasteiger partial charge in [-0.05, 0) is 11.1 Å². The lowest BCUT2D eigenvalue weighted by atomic mass is 10.2. The highest BCUT2D eigenvalue weighted by molar-refractivity contribution is 5.22. The molecule has 0 saturated carbocycles. The number of aromatic nitrogens is 1. The summed E-state index contributed by atoms with van der Waals surface area (Å²) >= 11 is 0. The fourth-order valence-electron chi connectivity index (χ4n) is 2.02. The van der Waals surface area contributed by atoms with E-state index in [2.05, 4.69) is 4.98 Å². The van der Waals surface area contributed by atoms with Crippen LogP contribution >= 0.6 is 0 Å².